The van der Waals surface area contributed by atoms with Crippen LogP contribution in [0.2, 0.25) is 5.02 Å². The average molecular weight is 545 g/mol. The molecule has 2 N–H and O–H groups in total. The number of alkyl halides is 3. The third-order valence-corrected chi connectivity index (χ3v) is 6.50. The lowest BCUT2D eigenvalue weighted by atomic mass is 10.0. The molecule has 0 spiro atoms. The van der Waals surface area contributed by atoms with E-state index in [9.17, 15) is 36.6 Å². The SMILES string of the molecule is C[C@@H]1C[C@](C)(O)CN1c1ccc2c(=O)c(C(=O)N[C@@H](C)C(F)(F)F)cn(-c3c(F)cc(F)cc3Cl)c2n1. The molecule has 0 saturated carbocycles. The lowest BCUT2D eigenvalue weighted by Gasteiger charge is -2.24. The van der Waals surface area contributed by atoms with Gasteiger partial charge in [-0.3, -0.25) is 14.2 Å². The Balaban J connectivity index is 1.96. The van der Waals surface area contributed by atoms with E-state index < -0.39 is 57.1 Å². The van der Waals surface area contributed by atoms with Crippen LogP contribution in [0.15, 0.2) is 35.3 Å². The molecule has 1 aromatic carbocycles. The van der Waals surface area contributed by atoms with Crippen LogP contribution in [0, 0.1) is 11.6 Å². The van der Waals surface area contributed by atoms with Crippen molar-refractivity contribution in [3.8, 4) is 5.69 Å². The Morgan fingerprint density at radius 1 is 1.30 bits per heavy atom. The number of carbonyl (C=O) groups excluding carboxylic acids is 1. The normalized spacial score (nSPS) is 20.9. The molecule has 1 aliphatic rings. The van der Waals surface area contributed by atoms with Gasteiger partial charge in [-0.05, 0) is 45.4 Å². The van der Waals surface area contributed by atoms with Crippen LogP contribution in [0.3, 0.4) is 0 Å². The summed E-state index contributed by atoms with van der Waals surface area (Å²) >= 11 is 6.11. The molecule has 3 heterocycles. The number of hydrogen-bond acceptors (Lipinski definition) is 5. The fourth-order valence-electron chi connectivity index (χ4n) is 4.45. The first kappa shape index (κ1) is 26.8. The highest BCUT2D eigenvalue weighted by molar-refractivity contribution is 6.32. The monoisotopic (exact) mass is 544 g/mol. The molecule has 13 heteroatoms. The standard InChI is InChI=1S/C24H22ClF5N4O3/c1-11-8-23(3,37)10-34(11)18-5-4-14-20(35)15(22(36)31-12(2)24(28,29)30)9-33(21(14)32-18)19-16(25)6-13(26)7-17(19)27/h4-7,9,11-12,37H,8,10H2,1-3H3,(H,31,36)/t11-,12+,23+/m1/s1. The first-order valence-electron chi connectivity index (χ1n) is 11.2. The molecule has 2 aromatic heterocycles. The van der Waals surface area contributed by atoms with E-state index >= 15 is 0 Å². The third-order valence-electron chi connectivity index (χ3n) is 6.21. The summed E-state index contributed by atoms with van der Waals surface area (Å²) in [6.45, 7) is 4.42. The van der Waals surface area contributed by atoms with Crippen molar-refractivity contribution in [3.05, 3.63) is 62.9 Å². The smallest absolute Gasteiger partial charge is 0.388 e. The van der Waals surface area contributed by atoms with Crippen molar-refractivity contribution >= 4 is 34.4 Å². The molecule has 1 fully saturated rings. The number of amides is 1. The van der Waals surface area contributed by atoms with E-state index in [2.05, 4.69) is 4.98 Å². The number of anilines is 1. The van der Waals surface area contributed by atoms with Gasteiger partial charge in [0.05, 0.1) is 16.0 Å². The maximum atomic E-state index is 14.9. The molecular weight excluding hydrogens is 523 g/mol. The highest BCUT2D eigenvalue weighted by atomic mass is 35.5. The van der Waals surface area contributed by atoms with E-state index in [1.807, 2.05) is 6.92 Å². The Kier molecular flexibility index (Phi) is 6.70. The van der Waals surface area contributed by atoms with Crippen LogP contribution in [-0.4, -0.2) is 51.0 Å². The third kappa shape index (κ3) is 5.12. The molecule has 4 rings (SSSR count). The number of halogens is 6. The van der Waals surface area contributed by atoms with Crippen LogP contribution in [-0.2, 0) is 0 Å². The van der Waals surface area contributed by atoms with Crippen molar-refractivity contribution in [1.82, 2.24) is 14.9 Å². The van der Waals surface area contributed by atoms with E-state index in [0.717, 1.165) is 16.8 Å². The topological polar surface area (TPSA) is 87.5 Å². The van der Waals surface area contributed by atoms with Gasteiger partial charge in [-0.25, -0.2) is 13.8 Å². The van der Waals surface area contributed by atoms with Gasteiger partial charge in [-0.2, -0.15) is 13.2 Å². The van der Waals surface area contributed by atoms with Gasteiger partial charge in [0.2, 0.25) is 5.43 Å². The summed E-state index contributed by atoms with van der Waals surface area (Å²) in [5.74, 6) is -3.19. The zero-order chi connectivity index (χ0) is 27.4. The van der Waals surface area contributed by atoms with Crippen LogP contribution in [0.1, 0.15) is 37.6 Å². The van der Waals surface area contributed by atoms with Crippen molar-refractivity contribution in [2.45, 2.75) is 51.1 Å². The van der Waals surface area contributed by atoms with Crippen LogP contribution in [0.5, 0.6) is 0 Å². The number of β-amino-alcohol motifs (C(OH)–C–C–N with tert-alkyl or cyclic N) is 1. The summed E-state index contributed by atoms with van der Waals surface area (Å²) in [5, 5.41) is 11.5. The molecule has 0 unspecified atom stereocenters. The van der Waals surface area contributed by atoms with Gasteiger partial charge in [0, 0.05) is 24.8 Å². The zero-order valence-corrected chi connectivity index (χ0v) is 20.6. The fraction of sp³-hybridized carbons (Fsp3) is 0.375. The van der Waals surface area contributed by atoms with E-state index in [0.29, 0.717) is 25.2 Å². The summed E-state index contributed by atoms with van der Waals surface area (Å²) in [5.41, 5.74) is -3.32. The van der Waals surface area contributed by atoms with Crippen molar-refractivity contribution in [2.75, 3.05) is 11.4 Å². The highest BCUT2D eigenvalue weighted by Crippen LogP contribution is 2.33. The van der Waals surface area contributed by atoms with E-state index in [-0.39, 0.29) is 23.6 Å². The molecule has 7 nitrogen and oxygen atoms in total. The van der Waals surface area contributed by atoms with Crippen LogP contribution in [0.4, 0.5) is 27.8 Å². The number of benzene rings is 1. The number of hydrogen-bond donors (Lipinski definition) is 2. The number of aliphatic hydroxyl groups is 1. The molecular formula is C24H22ClF5N4O3. The van der Waals surface area contributed by atoms with Gasteiger partial charge in [0.25, 0.3) is 5.91 Å². The summed E-state index contributed by atoms with van der Waals surface area (Å²) < 4.78 is 68.7. The number of fused-ring (bicyclic) bond motifs is 1. The maximum absolute atomic E-state index is 14.9. The van der Waals surface area contributed by atoms with Gasteiger partial charge < -0.3 is 15.3 Å². The first-order chi connectivity index (χ1) is 17.1. The Morgan fingerprint density at radius 2 is 1.97 bits per heavy atom. The second kappa shape index (κ2) is 9.25. The number of pyridine rings is 2. The number of nitrogens with one attached hydrogen (secondary N) is 1. The van der Waals surface area contributed by atoms with Gasteiger partial charge >= 0.3 is 6.18 Å². The summed E-state index contributed by atoms with van der Waals surface area (Å²) in [7, 11) is 0. The maximum Gasteiger partial charge on any atom is 0.408 e. The van der Waals surface area contributed by atoms with Crippen LogP contribution in [0.25, 0.3) is 16.7 Å². The quantitative estimate of drug-likeness (QED) is 0.477. The molecule has 0 bridgehead atoms. The molecule has 198 valence electrons. The Labute approximate surface area is 212 Å². The summed E-state index contributed by atoms with van der Waals surface area (Å²) in [6.07, 6.45) is -3.53. The van der Waals surface area contributed by atoms with Gasteiger partial charge in [0.1, 0.15) is 28.9 Å². The lowest BCUT2D eigenvalue weighted by molar-refractivity contribution is -0.149. The zero-order valence-electron chi connectivity index (χ0n) is 19.8. The minimum absolute atomic E-state index is 0.153. The van der Waals surface area contributed by atoms with E-state index in [4.69, 9.17) is 11.6 Å². The second-order valence-corrected chi connectivity index (χ2v) is 9.82. The molecule has 37 heavy (non-hydrogen) atoms. The molecule has 1 saturated heterocycles. The van der Waals surface area contributed by atoms with Crippen molar-refractivity contribution < 1.29 is 31.9 Å². The van der Waals surface area contributed by atoms with E-state index in [1.54, 1.807) is 17.1 Å². The lowest BCUT2D eigenvalue weighted by Crippen LogP contribution is -2.44. The van der Waals surface area contributed by atoms with Crippen molar-refractivity contribution in [2.24, 2.45) is 0 Å². The summed E-state index contributed by atoms with van der Waals surface area (Å²) in [4.78, 5) is 32.1. The van der Waals surface area contributed by atoms with E-state index in [1.165, 1.54) is 12.1 Å². The minimum atomic E-state index is -4.78. The number of rotatable bonds is 4. The minimum Gasteiger partial charge on any atom is -0.388 e. The Morgan fingerprint density at radius 3 is 2.54 bits per heavy atom. The molecule has 0 radical (unpaired) electrons. The number of carbonyl (C=O) groups is 1. The van der Waals surface area contributed by atoms with Gasteiger partial charge in [-0.15, -0.1) is 0 Å². The van der Waals surface area contributed by atoms with Crippen LogP contribution >= 0.6 is 11.6 Å². The fourth-order valence-corrected chi connectivity index (χ4v) is 4.73. The number of aromatic nitrogens is 2. The molecule has 3 atom stereocenters. The Bertz CT molecular complexity index is 1430. The molecule has 1 aliphatic heterocycles. The number of nitrogens with zero attached hydrogens (tertiary/aromatic N) is 3. The van der Waals surface area contributed by atoms with Crippen molar-refractivity contribution in [1.29, 1.82) is 0 Å². The van der Waals surface area contributed by atoms with Gasteiger partial charge in [0.15, 0.2) is 11.5 Å². The molecule has 0 aliphatic carbocycles. The van der Waals surface area contributed by atoms with Crippen molar-refractivity contribution in [3.63, 3.8) is 0 Å². The second-order valence-electron chi connectivity index (χ2n) is 9.42. The van der Waals surface area contributed by atoms with Crippen LogP contribution < -0.4 is 15.6 Å². The predicted octanol–water partition coefficient (Wildman–Crippen LogP) is 4.35. The largest absolute Gasteiger partial charge is 0.408 e. The summed E-state index contributed by atoms with van der Waals surface area (Å²) in [6, 6.07) is 1.66. The molecule has 1 amide bonds. The predicted molar refractivity (Wildman–Crippen MR) is 127 cm³/mol. The average Bonchev–Trinajstić information content (AvgIpc) is 3.05. The molecule has 3 aromatic rings. The highest BCUT2D eigenvalue weighted by Gasteiger charge is 2.39. The first-order valence-corrected chi connectivity index (χ1v) is 11.5. The van der Waals surface area contributed by atoms with Gasteiger partial charge in [-0.1, -0.05) is 11.6 Å². The Hall–Kier alpha value is -3.25.